The van der Waals surface area contributed by atoms with Gasteiger partial charge in [-0.15, -0.1) is 0 Å². The zero-order chi connectivity index (χ0) is 17.3. The molecule has 3 N–H and O–H groups in total. The van der Waals surface area contributed by atoms with Crippen molar-refractivity contribution >= 4 is 21.8 Å². The van der Waals surface area contributed by atoms with Crippen LogP contribution in [0.4, 0.5) is 4.79 Å². The molecule has 0 aromatic rings. The molecule has 0 aliphatic carbocycles. The van der Waals surface area contributed by atoms with Crippen LogP contribution < -0.4 is 11.1 Å². The first kappa shape index (κ1) is 20.7. The average molecular weight is 336 g/mol. The molecule has 1 atom stereocenters. The van der Waals surface area contributed by atoms with E-state index in [-0.39, 0.29) is 6.10 Å². The molecule has 130 valence electrons. The highest BCUT2D eigenvalue weighted by molar-refractivity contribution is 7.92. The summed E-state index contributed by atoms with van der Waals surface area (Å²) in [5.74, 6) is -1.39. The number of primary amides is 1. The largest absolute Gasteiger partial charge is 0.447 e. The molecule has 0 heterocycles. The van der Waals surface area contributed by atoms with E-state index in [1.165, 1.54) is 0 Å². The number of carbonyl (C=O) groups is 2. The van der Waals surface area contributed by atoms with Gasteiger partial charge in [-0.1, -0.05) is 26.7 Å². The number of rotatable bonds is 10. The van der Waals surface area contributed by atoms with Gasteiger partial charge in [-0.05, 0) is 26.7 Å². The highest BCUT2D eigenvalue weighted by Crippen LogP contribution is 2.16. The smallest absolute Gasteiger partial charge is 0.408 e. The number of hydrogen-bond acceptors (Lipinski definition) is 5. The molecular formula is C14H28N2O5S. The Morgan fingerprint density at radius 3 is 2.00 bits per heavy atom. The number of sulfone groups is 1. The molecule has 0 bridgehead atoms. The Kier molecular flexibility index (Phi) is 9.08. The first-order valence-corrected chi connectivity index (χ1v) is 9.33. The molecule has 0 radical (unpaired) electrons. The van der Waals surface area contributed by atoms with E-state index >= 15 is 0 Å². The second kappa shape index (κ2) is 9.66. The van der Waals surface area contributed by atoms with Crippen LogP contribution in [0.2, 0.25) is 0 Å². The van der Waals surface area contributed by atoms with Crippen LogP contribution in [0, 0.1) is 0 Å². The summed E-state index contributed by atoms with van der Waals surface area (Å²) < 4.78 is 29.7. The van der Waals surface area contributed by atoms with Gasteiger partial charge in [0.2, 0.25) is 5.91 Å². The van der Waals surface area contributed by atoms with Crippen LogP contribution in [0.15, 0.2) is 0 Å². The fourth-order valence-electron chi connectivity index (χ4n) is 2.10. The van der Waals surface area contributed by atoms with Crippen molar-refractivity contribution in [2.75, 3.05) is 5.75 Å². The summed E-state index contributed by atoms with van der Waals surface area (Å²) in [5.41, 5.74) is 5.20. The van der Waals surface area contributed by atoms with Crippen molar-refractivity contribution in [1.29, 1.82) is 0 Å². The van der Waals surface area contributed by atoms with Gasteiger partial charge in [0.1, 0.15) is 6.04 Å². The minimum atomic E-state index is -3.54. The lowest BCUT2D eigenvalue weighted by atomic mass is 10.2. The molecule has 22 heavy (non-hydrogen) atoms. The van der Waals surface area contributed by atoms with Crippen LogP contribution in [-0.4, -0.2) is 43.6 Å². The van der Waals surface area contributed by atoms with Gasteiger partial charge in [0.05, 0.1) is 17.1 Å². The summed E-state index contributed by atoms with van der Waals surface area (Å²) in [4.78, 5) is 23.0. The highest BCUT2D eigenvalue weighted by atomic mass is 32.2. The van der Waals surface area contributed by atoms with Crippen LogP contribution in [0.25, 0.3) is 0 Å². The lowest BCUT2D eigenvalue weighted by Crippen LogP contribution is -2.50. The standard InChI is InChI=1S/C14H28N2O5S/c1-5-7-11(8-6-2)22(19,20)9-12(13(15)17)16-14(18)21-10(3)4/h10-12H,5-9H2,1-4H3,(H2,15,17)(H,16,18)/t12-/m1/s1. The monoisotopic (exact) mass is 336 g/mol. The third kappa shape index (κ3) is 7.63. The number of nitrogens with two attached hydrogens (primary N) is 1. The molecule has 0 aromatic heterocycles. The Hall–Kier alpha value is -1.31. The van der Waals surface area contributed by atoms with Gasteiger partial charge >= 0.3 is 6.09 Å². The second-order valence-corrected chi connectivity index (χ2v) is 7.91. The van der Waals surface area contributed by atoms with E-state index in [9.17, 15) is 18.0 Å². The summed E-state index contributed by atoms with van der Waals surface area (Å²) in [6.07, 6.45) is 1.28. The Bertz CT molecular complexity index is 456. The van der Waals surface area contributed by atoms with E-state index in [0.29, 0.717) is 12.8 Å². The molecule has 2 amide bonds. The van der Waals surface area contributed by atoms with E-state index in [1.807, 2.05) is 13.8 Å². The molecule has 0 spiro atoms. The van der Waals surface area contributed by atoms with Crippen molar-refractivity contribution in [2.45, 2.75) is 70.8 Å². The summed E-state index contributed by atoms with van der Waals surface area (Å²) in [6.45, 7) is 7.10. The molecule has 0 aromatic carbocycles. The van der Waals surface area contributed by atoms with E-state index in [2.05, 4.69) is 5.32 Å². The first-order valence-electron chi connectivity index (χ1n) is 7.62. The minimum Gasteiger partial charge on any atom is -0.447 e. The van der Waals surface area contributed by atoms with Crippen LogP contribution >= 0.6 is 0 Å². The number of ether oxygens (including phenoxy) is 1. The van der Waals surface area contributed by atoms with Crippen molar-refractivity contribution < 1.29 is 22.7 Å². The number of nitrogens with one attached hydrogen (secondary N) is 1. The van der Waals surface area contributed by atoms with E-state index in [1.54, 1.807) is 13.8 Å². The molecule has 0 rings (SSSR count). The van der Waals surface area contributed by atoms with Crippen molar-refractivity contribution in [3.05, 3.63) is 0 Å². The molecule has 0 saturated heterocycles. The van der Waals surface area contributed by atoms with Gasteiger partial charge in [-0.3, -0.25) is 4.79 Å². The van der Waals surface area contributed by atoms with Crippen molar-refractivity contribution in [1.82, 2.24) is 5.32 Å². The topological polar surface area (TPSA) is 116 Å². The lowest BCUT2D eigenvalue weighted by molar-refractivity contribution is -0.119. The normalized spacial score (nSPS) is 13.2. The van der Waals surface area contributed by atoms with Crippen molar-refractivity contribution in [3.63, 3.8) is 0 Å². The molecule has 0 aliphatic heterocycles. The summed E-state index contributed by atoms with van der Waals surface area (Å²) in [5, 5.41) is 1.71. The van der Waals surface area contributed by atoms with Gasteiger partial charge in [0.25, 0.3) is 0 Å². The minimum absolute atomic E-state index is 0.377. The maximum absolute atomic E-state index is 12.4. The number of hydrogen-bond donors (Lipinski definition) is 2. The number of amides is 2. The molecule has 8 heteroatoms. The Morgan fingerprint density at radius 1 is 1.14 bits per heavy atom. The Balaban J connectivity index is 4.98. The highest BCUT2D eigenvalue weighted by Gasteiger charge is 2.31. The fraction of sp³-hybridized carbons (Fsp3) is 0.857. The quantitative estimate of drug-likeness (QED) is 0.625. The zero-order valence-corrected chi connectivity index (χ0v) is 14.6. The second-order valence-electron chi connectivity index (χ2n) is 5.58. The first-order chi connectivity index (χ1) is 10.1. The maximum atomic E-state index is 12.4. The SMILES string of the molecule is CCCC(CCC)S(=O)(=O)C[C@@H](NC(=O)OC(C)C)C(N)=O. The predicted octanol–water partition coefficient (Wildman–Crippen LogP) is 1.36. The van der Waals surface area contributed by atoms with E-state index < -0.39 is 38.9 Å². The summed E-state index contributed by atoms with van der Waals surface area (Å²) in [6, 6.07) is -1.28. The maximum Gasteiger partial charge on any atom is 0.408 e. The van der Waals surface area contributed by atoms with Crippen LogP contribution in [-0.2, 0) is 19.4 Å². The molecule has 0 fully saturated rings. The molecule has 0 aliphatic rings. The third-order valence-electron chi connectivity index (χ3n) is 3.11. The fourth-order valence-corrected chi connectivity index (χ4v) is 4.28. The molecule has 7 nitrogen and oxygen atoms in total. The van der Waals surface area contributed by atoms with Crippen LogP contribution in [0.3, 0.4) is 0 Å². The van der Waals surface area contributed by atoms with Gasteiger partial charge in [0, 0.05) is 0 Å². The van der Waals surface area contributed by atoms with Crippen molar-refractivity contribution in [3.8, 4) is 0 Å². The lowest BCUT2D eigenvalue weighted by Gasteiger charge is -2.21. The molecule has 0 unspecified atom stereocenters. The van der Waals surface area contributed by atoms with Crippen molar-refractivity contribution in [2.24, 2.45) is 5.73 Å². The van der Waals surface area contributed by atoms with Crippen LogP contribution in [0.1, 0.15) is 53.4 Å². The number of alkyl carbamates (subject to hydrolysis) is 1. The Labute approximate surface area is 132 Å². The van der Waals surface area contributed by atoms with E-state index in [4.69, 9.17) is 10.5 Å². The summed E-state index contributed by atoms with van der Waals surface area (Å²) >= 11 is 0. The van der Waals surface area contributed by atoms with Gasteiger partial charge in [-0.25, -0.2) is 13.2 Å². The zero-order valence-electron chi connectivity index (χ0n) is 13.8. The Morgan fingerprint density at radius 2 is 1.64 bits per heavy atom. The number of carbonyl (C=O) groups excluding carboxylic acids is 2. The molecule has 0 saturated carbocycles. The van der Waals surface area contributed by atoms with Gasteiger partial charge < -0.3 is 15.8 Å². The van der Waals surface area contributed by atoms with E-state index in [0.717, 1.165) is 12.8 Å². The summed E-state index contributed by atoms with van der Waals surface area (Å²) in [7, 11) is -3.54. The van der Waals surface area contributed by atoms with Gasteiger partial charge in [-0.2, -0.15) is 0 Å². The van der Waals surface area contributed by atoms with Gasteiger partial charge in [0.15, 0.2) is 9.84 Å². The average Bonchev–Trinajstić information content (AvgIpc) is 2.36. The molecular weight excluding hydrogens is 308 g/mol. The predicted molar refractivity (Wildman–Crippen MR) is 85.1 cm³/mol. The van der Waals surface area contributed by atoms with Crippen LogP contribution in [0.5, 0.6) is 0 Å². The third-order valence-corrected chi connectivity index (χ3v) is 5.39.